The van der Waals surface area contributed by atoms with Gasteiger partial charge in [-0.05, 0) is 89.9 Å². The number of hydrogen-bond acceptors (Lipinski definition) is 7. The number of methoxy groups -OCH3 is 2. The van der Waals surface area contributed by atoms with Gasteiger partial charge in [0, 0.05) is 23.2 Å². The molecular formula is C28H38FIN2O6. The summed E-state index contributed by atoms with van der Waals surface area (Å²) in [6, 6.07) is 9.70. The van der Waals surface area contributed by atoms with Crippen LogP contribution >= 0.6 is 22.6 Å². The van der Waals surface area contributed by atoms with E-state index in [9.17, 15) is 9.18 Å². The third-order valence-electron chi connectivity index (χ3n) is 6.25. The molecule has 8 nitrogen and oxygen atoms in total. The minimum absolute atomic E-state index is 0.0828. The van der Waals surface area contributed by atoms with Gasteiger partial charge in [-0.2, -0.15) is 0 Å². The number of alkyl halides is 1. The van der Waals surface area contributed by atoms with Crippen molar-refractivity contribution in [2.45, 2.75) is 25.8 Å². The van der Waals surface area contributed by atoms with E-state index in [1.54, 1.807) is 20.3 Å². The van der Waals surface area contributed by atoms with Crippen LogP contribution in [0.25, 0.3) is 0 Å². The van der Waals surface area contributed by atoms with Crippen LogP contribution in [0.4, 0.5) is 4.39 Å². The summed E-state index contributed by atoms with van der Waals surface area (Å²) in [5.41, 5.74) is 3.11. The molecule has 1 heterocycles. The molecule has 2 aromatic carbocycles. The lowest BCUT2D eigenvalue weighted by molar-refractivity contribution is 0.0324. The maximum Gasteiger partial charge on any atom is 0.255 e. The molecule has 38 heavy (non-hydrogen) atoms. The van der Waals surface area contributed by atoms with E-state index in [2.05, 4.69) is 44.9 Å². The quantitative estimate of drug-likeness (QED) is 0.204. The molecule has 0 atom stereocenters. The standard InChI is InChI=1S/C28H38FIN2O6/c1-34-26-17-21-7-11-32(20-22(21)18-27(26)35-2)10-4-3-9-31-28(33)24-19-23(30)5-6-25(24)38-16-15-37-14-13-36-12-8-29/h5-6,17-19H,3-4,7-16,20H2,1-2H3,(H,31,33)/i29-1. The Bertz CT molecular complexity index is 1030. The number of carbonyl (C=O) groups excluding carboxylic acids is 1. The second kappa shape index (κ2) is 16.7. The normalized spacial score (nSPS) is 13.2. The van der Waals surface area contributed by atoms with Gasteiger partial charge < -0.3 is 29.0 Å². The molecule has 0 aromatic heterocycles. The molecule has 10 heteroatoms. The maximum absolute atomic E-state index is 12.9. The zero-order valence-electron chi connectivity index (χ0n) is 22.2. The SMILES string of the molecule is COc1cc2c(cc1OC)CN(CCCCNC(=O)c1cc(I)ccc1OCCOCCOCC[18F])CC2. The second-order valence-electron chi connectivity index (χ2n) is 8.87. The topological polar surface area (TPSA) is 78.5 Å². The fourth-order valence-electron chi connectivity index (χ4n) is 4.28. The van der Waals surface area contributed by atoms with E-state index in [-0.39, 0.29) is 12.5 Å². The van der Waals surface area contributed by atoms with Crippen molar-refractivity contribution in [2.75, 3.05) is 73.6 Å². The number of fused-ring (bicyclic) bond motifs is 1. The zero-order valence-corrected chi connectivity index (χ0v) is 24.4. The fourth-order valence-corrected chi connectivity index (χ4v) is 4.77. The molecule has 1 aliphatic heterocycles. The highest BCUT2D eigenvalue weighted by Gasteiger charge is 2.19. The molecule has 0 fully saturated rings. The van der Waals surface area contributed by atoms with Crippen molar-refractivity contribution in [2.24, 2.45) is 0 Å². The van der Waals surface area contributed by atoms with Crippen LogP contribution in [0.2, 0.25) is 0 Å². The molecule has 210 valence electrons. The van der Waals surface area contributed by atoms with Crippen LogP contribution < -0.4 is 19.5 Å². The average Bonchev–Trinajstić information content (AvgIpc) is 2.93. The smallest absolute Gasteiger partial charge is 0.255 e. The molecule has 2 aromatic rings. The first-order valence-corrected chi connectivity index (χ1v) is 14.0. The van der Waals surface area contributed by atoms with Gasteiger partial charge in [0.15, 0.2) is 11.5 Å². The number of nitrogens with zero attached hydrogens (tertiary/aromatic N) is 1. The fraction of sp³-hybridized carbons (Fsp3) is 0.536. The predicted octanol–water partition coefficient (Wildman–Crippen LogP) is 4.26. The van der Waals surface area contributed by atoms with Crippen LogP contribution in [-0.2, 0) is 22.4 Å². The molecule has 0 saturated carbocycles. The summed E-state index contributed by atoms with van der Waals surface area (Å²) in [5.74, 6) is 1.93. The minimum Gasteiger partial charge on any atom is -0.493 e. The Morgan fingerprint density at radius 3 is 2.39 bits per heavy atom. The summed E-state index contributed by atoms with van der Waals surface area (Å²) < 4.78 is 40.1. The summed E-state index contributed by atoms with van der Waals surface area (Å²) in [6.45, 7) is 4.43. The summed E-state index contributed by atoms with van der Waals surface area (Å²) in [4.78, 5) is 15.3. The Morgan fingerprint density at radius 2 is 1.66 bits per heavy atom. The molecule has 0 unspecified atom stereocenters. The van der Waals surface area contributed by atoms with Crippen molar-refractivity contribution in [1.29, 1.82) is 0 Å². The summed E-state index contributed by atoms with van der Waals surface area (Å²) in [5, 5.41) is 3.03. The molecule has 0 radical (unpaired) electrons. The lowest BCUT2D eigenvalue weighted by Crippen LogP contribution is -2.32. The highest BCUT2D eigenvalue weighted by molar-refractivity contribution is 14.1. The summed E-state index contributed by atoms with van der Waals surface area (Å²) in [7, 11) is 3.33. The van der Waals surface area contributed by atoms with Crippen LogP contribution in [-0.4, -0.2) is 84.4 Å². The second-order valence-corrected chi connectivity index (χ2v) is 10.1. The van der Waals surface area contributed by atoms with Crippen LogP contribution in [0, 0.1) is 3.57 Å². The molecule has 1 aliphatic rings. The van der Waals surface area contributed by atoms with E-state index < -0.39 is 6.67 Å². The number of benzene rings is 2. The predicted molar refractivity (Wildman–Crippen MR) is 152 cm³/mol. The molecule has 1 amide bonds. The molecule has 1 N–H and O–H groups in total. The minimum atomic E-state index is -0.499. The first-order valence-electron chi connectivity index (χ1n) is 12.9. The van der Waals surface area contributed by atoms with E-state index in [1.165, 1.54) is 11.1 Å². The van der Waals surface area contributed by atoms with Crippen molar-refractivity contribution in [1.82, 2.24) is 10.2 Å². The number of unbranched alkanes of at least 4 members (excludes halogenated alkanes) is 1. The number of hydrogen-bond donors (Lipinski definition) is 1. The molecular weight excluding hydrogens is 605 g/mol. The third kappa shape index (κ3) is 9.55. The van der Waals surface area contributed by atoms with E-state index >= 15 is 0 Å². The van der Waals surface area contributed by atoms with Crippen molar-refractivity contribution in [3.05, 3.63) is 50.6 Å². The average molecular weight is 644 g/mol. The van der Waals surface area contributed by atoms with Gasteiger partial charge >= 0.3 is 0 Å². The number of nitrogens with one attached hydrogen (secondary N) is 1. The molecule has 0 bridgehead atoms. The van der Waals surface area contributed by atoms with Crippen LogP contribution in [0.3, 0.4) is 0 Å². The maximum atomic E-state index is 12.9. The van der Waals surface area contributed by atoms with Gasteiger partial charge in [0.25, 0.3) is 5.91 Å². The summed E-state index contributed by atoms with van der Waals surface area (Å²) in [6.07, 6.45) is 2.87. The van der Waals surface area contributed by atoms with Crippen molar-refractivity contribution >= 4 is 28.5 Å². The van der Waals surface area contributed by atoms with Gasteiger partial charge in [-0.15, -0.1) is 0 Å². The number of halogens is 2. The summed E-state index contributed by atoms with van der Waals surface area (Å²) >= 11 is 2.19. The van der Waals surface area contributed by atoms with Crippen molar-refractivity contribution < 1.29 is 32.9 Å². The number of ether oxygens (including phenoxy) is 5. The lowest BCUT2D eigenvalue weighted by Gasteiger charge is -2.29. The van der Waals surface area contributed by atoms with Crippen LogP contribution in [0.1, 0.15) is 34.3 Å². The molecule has 0 spiro atoms. The Morgan fingerprint density at radius 1 is 0.947 bits per heavy atom. The van der Waals surface area contributed by atoms with Gasteiger partial charge in [-0.1, -0.05) is 0 Å². The Balaban J connectivity index is 1.38. The molecule has 0 aliphatic carbocycles. The molecule has 3 rings (SSSR count). The largest absolute Gasteiger partial charge is 0.493 e. The van der Waals surface area contributed by atoms with Gasteiger partial charge in [-0.3, -0.25) is 9.69 Å². The monoisotopic (exact) mass is 643 g/mol. The highest BCUT2D eigenvalue weighted by Crippen LogP contribution is 2.33. The highest BCUT2D eigenvalue weighted by atomic mass is 127. The van der Waals surface area contributed by atoms with Crippen LogP contribution in [0.5, 0.6) is 17.2 Å². The van der Waals surface area contributed by atoms with Crippen LogP contribution in [0.15, 0.2) is 30.3 Å². The van der Waals surface area contributed by atoms with Gasteiger partial charge in [0.2, 0.25) is 0 Å². The van der Waals surface area contributed by atoms with Crippen molar-refractivity contribution in [3.63, 3.8) is 0 Å². The number of amides is 1. The third-order valence-corrected chi connectivity index (χ3v) is 6.92. The first kappa shape index (κ1) is 30.4. The van der Waals surface area contributed by atoms with Gasteiger partial charge in [0.1, 0.15) is 19.0 Å². The molecule has 0 saturated heterocycles. The lowest BCUT2D eigenvalue weighted by atomic mass is 9.98. The first-order chi connectivity index (χ1) is 18.5. The van der Waals surface area contributed by atoms with E-state index in [4.69, 9.17) is 23.7 Å². The Labute approximate surface area is 238 Å². The van der Waals surface area contributed by atoms with Crippen molar-refractivity contribution in [3.8, 4) is 17.2 Å². The van der Waals surface area contributed by atoms with Gasteiger partial charge in [0.05, 0.1) is 46.2 Å². The van der Waals surface area contributed by atoms with E-state index in [0.717, 1.165) is 54.0 Å². The van der Waals surface area contributed by atoms with Gasteiger partial charge in [-0.25, -0.2) is 4.39 Å². The number of rotatable bonds is 17. The van der Waals surface area contributed by atoms with E-state index in [0.29, 0.717) is 44.3 Å². The number of carbonyl (C=O) groups is 1. The van der Waals surface area contributed by atoms with E-state index in [1.807, 2.05) is 12.1 Å². The Hall–Kier alpha value is -2.15. The Kier molecular flexibility index (Phi) is 13.4. The zero-order chi connectivity index (χ0) is 27.2.